The Morgan fingerprint density at radius 3 is 2.75 bits per heavy atom. The van der Waals surface area contributed by atoms with E-state index in [-0.39, 0.29) is 6.61 Å². The fourth-order valence-corrected chi connectivity index (χ4v) is 1.45. The van der Waals surface area contributed by atoms with Crippen LogP contribution in [0, 0.1) is 0 Å². The van der Waals surface area contributed by atoms with Crippen LogP contribution >= 0.6 is 0 Å². The predicted octanol–water partition coefficient (Wildman–Crippen LogP) is 0.223. The molecule has 5 nitrogen and oxygen atoms in total. The molecule has 5 heteroatoms. The van der Waals surface area contributed by atoms with E-state index in [2.05, 4.69) is 5.32 Å². The zero-order chi connectivity index (χ0) is 11.4. The third-order valence-corrected chi connectivity index (χ3v) is 2.29. The topological polar surface area (TPSA) is 71.0 Å². The van der Waals surface area contributed by atoms with E-state index in [9.17, 15) is 5.11 Å². The van der Waals surface area contributed by atoms with E-state index in [0.717, 1.165) is 11.4 Å². The first-order valence-electron chi connectivity index (χ1n) is 5.22. The molecular formula is C11H15NO4. The Bertz CT molecular complexity index is 356. The Balaban J connectivity index is 2.00. The minimum atomic E-state index is -0.756. The van der Waals surface area contributed by atoms with Crippen LogP contribution in [0.2, 0.25) is 0 Å². The van der Waals surface area contributed by atoms with Crippen molar-refractivity contribution in [2.24, 2.45) is 0 Å². The average Bonchev–Trinajstić information content (AvgIpc) is 2.35. The standard InChI is InChI=1S/C11H15NO4/c13-7-9(14)6-12-8-1-2-10-11(5-8)16-4-3-15-10/h1-2,5,9,12-14H,3-4,6-7H2/t9-/m0/s1. The molecule has 1 aliphatic heterocycles. The van der Waals surface area contributed by atoms with Crippen molar-refractivity contribution < 1.29 is 19.7 Å². The Morgan fingerprint density at radius 1 is 1.25 bits per heavy atom. The molecule has 0 aromatic heterocycles. The molecule has 0 amide bonds. The highest BCUT2D eigenvalue weighted by Crippen LogP contribution is 2.32. The Morgan fingerprint density at radius 2 is 2.00 bits per heavy atom. The van der Waals surface area contributed by atoms with Gasteiger partial charge in [0.1, 0.15) is 13.2 Å². The van der Waals surface area contributed by atoms with Gasteiger partial charge in [0.2, 0.25) is 0 Å². The van der Waals surface area contributed by atoms with Gasteiger partial charge in [-0.05, 0) is 12.1 Å². The van der Waals surface area contributed by atoms with Crippen molar-refractivity contribution in [1.29, 1.82) is 0 Å². The summed E-state index contributed by atoms with van der Waals surface area (Å²) in [6.07, 6.45) is -0.756. The van der Waals surface area contributed by atoms with Crippen molar-refractivity contribution in [3.63, 3.8) is 0 Å². The molecule has 3 N–H and O–H groups in total. The molecule has 1 atom stereocenters. The summed E-state index contributed by atoms with van der Waals surface area (Å²) >= 11 is 0. The van der Waals surface area contributed by atoms with Gasteiger partial charge < -0.3 is 25.0 Å². The fourth-order valence-electron chi connectivity index (χ4n) is 1.45. The van der Waals surface area contributed by atoms with Crippen LogP contribution in [0.4, 0.5) is 5.69 Å². The van der Waals surface area contributed by atoms with Gasteiger partial charge >= 0.3 is 0 Å². The normalized spacial score (nSPS) is 15.6. The summed E-state index contributed by atoms with van der Waals surface area (Å²) in [5.74, 6) is 1.44. The highest BCUT2D eigenvalue weighted by molar-refractivity contribution is 5.55. The molecule has 0 unspecified atom stereocenters. The van der Waals surface area contributed by atoms with Gasteiger partial charge in [0.15, 0.2) is 11.5 Å². The van der Waals surface area contributed by atoms with Crippen LogP contribution in [-0.2, 0) is 0 Å². The summed E-state index contributed by atoms with van der Waals surface area (Å²) < 4.78 is 10.8. The lowest BCUT2D eigenvalue weighted by Crippen LogP contribution is -2.23. The first-order chi connectivity index (χ1) is 7.79. The van der Waals surface area contributed by atoms with Crippen LogP contribution in [0.5, 0.6) is 11.5 Å². The van der Waals surface area contributed by atoms with Crippen molar-refractivity contribution >= 4 is 5.69 Å². The number of benzene rings is 1. The number of aliphatic hydroxyl groups is 2. The van der Waals surface area contributed by atoms with Crippen LogP contribution in [0.15, 0.2) is 18.2 Å². The molecule has 2 rings (SSSR count). The van der Waals surface area contributed by atoms with E-state index in [4.69, 9.17) is 14.6 Å². The zero-order valence-corrected chi connectivity index (χ0v) is 8.85. The molecule has 16 heavy (non-hydrogen) atoms. The maximum atomic E-state index is 9.19. The van der Waals surface area contributed by atoms with E-state index in [1.165, 1.54) is 0 Å². The number of hydrogen-bond acceptors (Lipinski definition) is 5. The van der Waals surface area contributed by atoms with Gasteiger partial charge in [-0.1, -0.05) is 0 Å². The van der Waals surface area contributed by atoms with Gasteiger partial charge in [-0.15, -0.1) is 0 Å². The smallest absolute Gasteiger partial charge is 0.163 e. The summed E-state index contributed by atoms with van der Waals surface area (Å²) in [6.45, 7) is 1.17. The number of nitrogens with one attached hydrogen (secondary N) is 1. The summed E-state index contributed by atoms with van der Waals surface area (Å²) in [5, 5.41) is 20.9. The second kappa shape index (κ2) is 5.05. The van der Waals surface area contributed by atoms with Crippen molar-refractivity contribution in [2.45, 2.75) is 6.10 Å². The van der Waals surface area contributed by atoms with Gasteiger partial charge in [0.25, 0.3) is 0 Å². The van der Waals surface area contributed by atoms with Gasteiger partial charge in [0, 0.05) is 18.3 Å². The van der Waals surface area contributed by atoms with E-state index >= 15 is 0 Å². The number of aliphatic hydroxyl groups excluding tert-OH is 2. The predicted molar refractivity (Wildman–Crippen MR) is 59.0 cm³/mol. The van der Waals surface area contributed by atoms with E-state index < -0.39 is 6.10 Å². The molecule has 1 aromatic rings. The molecule has 0 fully saturated rings. The average molecular weight is 225 g/mol. The summed E-state index contributed by atoms with van der Waals surface area (Å²) in [6, 6.07) is 5.48. The second-order valence-corrected chi connectivity index (χ2v) is 3.58. The fraction of sp³-hybridized carbons (Fsp3) is 0.455. The van der Waals surface area contributed by atoms with Crippen LogP contribution < -0.4 is 14.8 Å². The van der Waals surface area contributed by atoms with Crippen molar-refractivity contribution in [3.8, 4) is 11.5 Å². The molecule has 0 radical (unpaired) electrons. The number of anilines is 1. The lowest BCUT2D eigenvalue weighted by molar-refractivity contribution is 0.105. The molecule has 0 saturated carbocycles. The van der Waals surface area contributed by atoms with Gasteiger partial charge in [-0.3, -0.25) is 0 Å². The lowest BCUT2D eigenvalue weighted by Gasteiger charge is -2.19. The first-order valence-corrected chi connectivity index (χ1v) is 5.22. The number of hydrogen-bond donors (Lipinski definition) is 3. The monoisotopic (exact) mass is 225 g/mol. The van der Waals surface area contributed by atoms with Crippen molar-refractivity contribution in [2.75, 3.05) is 31.7 Å². The molecule has 88 valence electrons. The largest absolute Gasteiger partial charge is 0.486 e. The molecule has 0 spiro atoms. The SMILES string of the molecule is OC[C@@H](O)CNc1ccc2c(c1)OCCO2. The third-order valence-electron chi connectivity index (χ3n) is 2.29. The first kappa shape index (κ1) is 11.0. The molecular weight excluding hydrogens is 210 g/mol. The minimum Gasteiger partial charge on any atom is -0.486 e. The number of rotatable bonds is 4. The van der Waals surface area contributed by atoms with E-state index in [0.29, 0.717) is 25.5 Å². The third kappa shape index (κ3) is 2.56. The highest BCUT2D eigenvalue weighted by atomic mass is 16.6. The molecule has 1 aromatic carbocycles. The second-order valence-electron chi connectivity index (χ2n) is 3.58. The minimum absolute atomic E-state index is 0.252. The lowest BCUT2D eigenvalue weighted by atomic mass is 10.2. The van der Waals surface area contributed by atoms with E-state index in [1.54, 1.807) is 0 Å². The van der Waals surface area contributed by atoms with Crippen LogP contribution in [0.1, 0.15) is 0 Å². The van der Waals surface area contributed by atoms with Crippen molar-refractivity contribution in [3.05, 3.63) is 18.2 Å². The van der Waals surface area contributed by atoms with Crippen LogP contribution in [-0.4, -0.2) is 42.7 Å². The summed E-state index contributed by atoms with van der Waals surface area (Å²) in [5.41, 5.74) is 0.830. The van der Waals surface area contributed by atoms with Gasteiger partial charge in [-0.2, -0.15) is 0 Å². The molecule has 0 aliphatic carbocycles. The summed E-state index contributed by atoms with van der Waals surface area (Å²) in [4.78, 5) is 0. The molecule has 1 heterocycles. The molecule has 0 saturated heterocycles. The van der Waals surface area contributed by atoms with Gasteiger partial charge in [-0.25, -0.2) is 0 Å². The summed E-state index contributed by atoms with van der Waals surface area (Å²) in [7, 11) is 0. The Kier molecular flexibility index (Phi) is 3.48. The quantitative estimate of drug-likeness (QED) is 0.684. The van der Waals surface area contributed by atoms with Crippen LogP contribution in [0.3, 0.4) is 0 Å². The zero-order valence-electron chi connectivity index (χ0n) is 8.85. The number of fused-ring (bicyclic) bond motifs is 1. The van der Waals surface area contributed by atoms with Gasteiger partial charge in [0.05, 0.1) is 12.7 Å². The number of ether oxygens (including phenoxy) is 2. The van der Waals surface area contributed by atoms with Crippen LogP contribution in [0.25, 0.3) is 0 Å². The Labute approximate surface area is 93.6 Å². The Hall–Kier alpha value is -1.46. The molecule has 0 bridgehead atoms. The molecule has 1 aliphatic rings. The van der Waals surface area contributed by atoms with Crippen molar-refractivity contribution in [1.82, 2.24) is 0 Å². The van der Waals surface area contributed by atoms with E-state index in [1.807, 2.05) is 18.2 Å². The highest BCUT2D eigenvalue weighted by Gasteiger charge is 2.11. The maximum Gasteiger partial charge on any atom is 0.163 e. The maximum absolute atomic E-state index is 9.19.